The summed E-state index contributed by atoms with van der Waals surface area (Å²) < 4.78 is 5.19. The van der Waals surface area contributed by atoms with E-state index in [1.165, 1.54) is 29.2 Å². The quantitative estimate of drug-likeness (QED) is 0.206. The Bertz CT molecular complexity index is 702. The second kappa shape index (κ2) is 7.41. The Morgan fingerprint density at radius 3 is 2.54 bits per heavy atom. The molecule has 1 aromatic carbocycles. The predicted octanol–water partition coefficient (Wildman–Crippen LogP) is 1.32. The van der Waals surface area contributed by atoms with Crippen molar-refractivity contribution < 1.29 is 19.2 Å². The average Bonchev–Trinajstić information content (AvgIpc) is 2.59. The Labute approximate surface area is 143 Å². The maximum atomic E-state index is 12.3. The number of ether oxygens (including phenoxy) is 1. The molecule has 0 saturated carbocycles. The molecular formula is C15H16ClN3O5. The molecule has 128 valence electrons. The van der Waals surface area contributed by atoms with Crippen molar-refractivity contribution in [1.29, 1.82) is 0 Å². The van der Waals surface area contributed by atoms with Gasteiger partial charge in [-0.25, -0.2) is 4.79 Å². The monoisotopic (exact) mass is 353 g/mol. The van der Waals surface area contributed by atoms with Crippen LogP contribution in [0.2, 0.25) is 0 Å². The lowest BCUT2D eigenvalue weighted by molar-refractivity contribution is -0.384. The van der Waals surface area contributed by atoms with Crippen molar-refractivity contribution in [2.75, 3.05) is 12.4 Å². The molecule has 1 unspecified atom stereocenters. The molecule has 1 fully saturated rings. The number of nitrogens with zero attached hydrogens (tertiary/aromatic N) is 2. The van der Waals surface area contributed by atoms with Crippen LogP contribution in [0.25, 0.3) is 0 Å². The minimum absolute atomic E-state index is 0.0520. The molecule has 24 heavy (non-hydrogen) atoms. The Kier molecular flexibility index (Phi) is 5.53. The minimum Gasteiger partial charge on any atom is -0.456 e. The Morgan fingerprint density at radius 2 is 2.08 bits per heavy atom. The van der Waals surface area contributed by atoms with Crippen LogP contribution >= 0.6 is 11.6 Å². The highest BCUT2D eigenvalue weighted by molar-refractivity contribution is 6.20. The third kappa shape index (κ3) is 3.72. The summed E-state index contributed by atoms with van der Waals surface area (Å²) >= 11 is 5.77. The van der Waals surface area contributed by atoms with Gasteiger partial charge in [0.15, 0.2) is 0 Å². The van der Waals surface area contributed by atoms with Crippen molar-refractivity contribution in [3.63, 3.8) is 0 Å². The highest BCUT2D eigenvalue weighted by Gasteiger charge is 2.39. The molecule has 2 rings (SSSR count). The number of hydrogen-bond donors (Lipinski definition) is 1. The fourth-order valence-corrected chi connectivity index (χ4v) is 2.29. The number of halogens is 1. The van der Waals surface area contributed by atoms with E-state index >= 15 is 0 Å². The van der Waals surface area contributed by atoms with E-state index in [1.807, 2.05) is 0 Å². The van der Waals surface area contributed by atoms with Crippen LogP contribution in [0.3, 0.4) is 0 Å². The molecule has 0 spiro atoms. The van der Waals surface area contributed by atoms with E-state index in [2.05, 4.69) is 0 Å². The fourth-order valence-electron chi connectivity index (χ4n) is 2.16. The zero-order valence-electron chi connectivity index (χ0n) is 12.9. The number of hydrogen-bond acceptors (Lipinski definition) is 6. The van der Waals surface area contributed by atoms with Crippen LogP contribution in [0.15, 0.2) is 35.5 Å². The van der Waals surface area contributed by atoms with Crippen LogP contribution in [-0.4, -0.2) is 40.2 Å². The number of alkyl halides is 1. The highest BCUT2D eigenvalue weighted by atomic mass is 35.5. The van der Waals surface area contributed by atoms with E-state index in [4.69, 9.17) is 22.1 Å². The van der Waals surface area contributed by atoms with Crippen molar-refractivity contribution in [3.05, 3.63) is 51.2 Å². The number of nitro groups is 1. The first kappa shape index (κ1) is 17.9. The van der Waals surface area contributed by atoms with Gasteiger partial charge in [0.05, 0.1) is 11.5 Å². The van der Waals surface area contributed by atoms with Gasteiger partial charge < -0.3 is 15.4 Å². The molecule has 1 atom stereocenters. The SMILES string of the molecule is CC(CCl)=C(C(=O)OCc1ccc([N+](=O)[O-])cc1)N1CC(N)C1=O. The largest absolute Gasteiger partial charge is 0.456 e. The summed E-state index contributed by atoms with van der Waals surface area (Å²) in [4.78, 5) is 35.4. The standard InChI is InChI=1S/C15H16ClN3O5/c1-9(6-16)13(18-7-12(17)14(18)20)15(21)24-8-10-2-4-11(5-3-10)19(22)23/h2-5,12H,6-8,17H2,1H3. The number of carbonyl (C=O) groups excluding carboxylic acids is 2. The first-order valence-corrected chi connectivity index (χ1v) is 7.61. The summed E-state index contributed by atoms with van der Waals surface area (Å²) in [6.45, 7) is 1.78. The first-order chi connectivity index (χ1) is 11.3. The van der Waals surface area contributed by atoms with E-state index in [-0.39, 0.29) is 36.3 Å². The normalized spacial score (nSPS) is 17.9. The van der Waals surface area contributed by atoms with Crippen LogP contribution in [0, 0.1) is 10.1 Å². The number of likely N-dealkylation sites (tertiary alicyclic amines) is 1. The van der Waals surface area contributed by atoms with Crippen molar-refractivity contribution in [3.8, 4) is 0 Å². The van der Waals surface area contributed by atoms with Gasteiger partial charge in [0, 0.05) is 18.0 Å². The van der Waals surface area contributed by atoms with Gasteiger partial charge in [-0.15, -0.1) is 11.6 Å². The Hall–Kier alpha value is -2.45. The van der Waals surface area contributed by atoms with E-state index in [9.17, 15) is 19.7 Å². The minimum atomic E-state index is -0.688. The molecule has 1 saturated heterocycles. The average molecular weight is 354 g/mol. The van der Waals surface area contributed by atoms with Crippen LogP contribution < -0.4 is 5.73 Å². The third-order valence-corrected chi connectivity index (χ3v) is 3.95. The third-order valence-electron chi connectivity index (χ3n) is 3.55. The molecule has 1 aromatic rings. The number of β-lactam (4-membered cyclic amide) rings is 1. The number of esters is 1. The lowest BCUT2D eigenvalue weighted by Gasteiger charge is -2.37. The van der Waals surface area contributed by atoms with Crippen LogP contribution in [0.1, 0.15) is 12.5 Å². The molecule has 1 amide bonds. The van der Waals surface area contributed by atoms with E-state index in [1.54, 1.807) is 6.92 Å². The smallest absolute Gasteiger partial charge is 0.355 e. The number of rotatable bonds is 6. The van der Waals surface area contributed by atoms with Gasteiger partial charge in [-0.05, 0) is 30.2 Å². The summed E-state index contributed by atoms with van der Waals surface area (Å²) in [5.41, 5.74) is 6.68. The summed E-state index contributed by atoms with van der Waals surface area (Å²) in [6, 6.07) is 5.01. The first-order valence-electron chi connectivity index (χ1n) is 7.08. The topological polar surface area (TPSA) is 116 Å². The lowest BCUT2D eigenvalue weighted by atomic mass is 10.1. The number of benzene rings is 1. The number of allylic oxidation sites excluding steroid dienone is 1. The molecule has 1 heterocycles. The van der Waals surface area contributed by atoms with Crippen molar-refractivity contribution in [1.82, 2.24) is 4.90 Å². The molecule has 0 aliphatic carbocycles. The summed E-state index contributed by atoms with van der Waals surface area (Å²) in [5, 5.41) is 10.6. The van der Waals surface area contributed by atoms with E-state index in [0.29, 0.717) is 11.1 Å². The van der Waals surface area contributed by atoms with Crippen LogP contribution in [-0.2, 0) is 20.9 Å². The van der Waals surface area contributed by atoms with Crippen LogP contribution in [0.4, 0.5) is 5.69 Å². The lowest BCUT2D eigenvalue weighted by Crippen LogP contribution is -2.61. The number of carbonyl (C=O) groups is 2. The molecule has 1 aliphatic rings. The zero-order chi connectivity index (χ0) is 17.9. The van der Waals surface area contributed by atoms with Crippen molar-refractivity contribution in [2.24, 2.45) is 5.73 Å². The van der Waals surface area contributed by atoms with Gasteiger partial charge in [-0.3, -0.25) is 14.9 Å². The maximum Gasteiger partial charge on any atom is 0.355 e. The Morgan fingerprint density at radius 1 is 1.46 bits per heavy atom. The van der Waals surface area contributed by atoms with Gasteiger partial charge >= 0.3 is 5.97 Å². The number of nitrogens with two attached hydrogens (primary N) is 1. The summed E-state index contributed by atoms with van der Waals surface area (Å²) in [5.74, 6) is -0.977. The van der Waals surface area contributed by atoms with Gasteiger partial charge in [0.1, 0.15) is 18.3 Å². The van der Waals surface area contributed by atoms with E-state index in [0.717, 1.165) is 0 Å². The fraction of sp³-hybridized carbons (Fsp3) is 0.333. The number of amides is 1. The summed E-state index contributed by atoms with van der Waals surface area (Å²) in [7, 11) is 0. The second-order valence-electron chi connectivity index (χ2n) is 5.32. The Balaban J connectivity index is 2.06. The van der Waals surface area contributed by atoms with Crippen LogP contribution in [0.5, 0.6) is 0 Å². The predicted molar refractivity (Wildman–Crippen MR) is 86.0 cm³/mol. The number of nitro benzene ring substituents is 1. The number of non-ortho nitro benzene ring substituents is 1. The molecule has 9 heteroatoms. The highest BCUT2D eigenvalue weighted by Crippen LogP contribution is 2.22. The van der Waals surface area contributed by atoms with Crippen molar-refractivity contribution in [2.45, 2.75) is 19.6 Å². The second-order valence-corrected chi connectivity index (χ2v) is 5.58. The maximum absolute atomic E-state index is 12.3. The van der Waals surface area contributed by atoms with Crippen molar-refractivity contribution >= 4 is 29.2 Å². The molecule has 0 bridgehead atoms. The van der Waals surface area contributed by atoms with Gasteiger partial charge in [-0.2, -0.15) is 0 Å². The van der Waals surface area contributed by atoms with Gasteiger partial charge in [0.2, 0.25) is 5.91 Å². The molecule has 8 nitrogen and oxygen atoms in total. The van der Waals surface area contributed by atoms with Gasteiger partial charge in [0.25, 0.3) is 5.69 Å². The molecule has 0 radical (unpaired) electrons. The molecule has 2 N–H and O–H groups in total. The molecular weight excluding hydrogens is 338 g/mol. The van der Waals surface area contributed by atoms with Gasteiger partial charge in [-0.1, -0.05) is 0 Å². The van der Waals surface area contributed by atoms with E-state index < -0.39 is 16.9 Å². The zero-order valence-corrected chi connectivity index (χ0v) is 13.7. The summed E-state index contributed by atoms with van der Waals surface area (Å²) in [6.07, 6.45) is 0. The molecule has 0 aromatic heterocycles. The molecule has 1 aliphatic heterocycles.